The summed E-state index contributed by atoms with van der Waals surface area (Å²) in [5.74, 6) is 0.302. The van der Waals surface area contributed by atoms with E-state index in [4.69, 9.17) is 12.3 Å². The summed E-state index contributed by atoms with van der Waals surface area (Å²) in [5, 5.41) is 14.5. The van der Waals surface area contributed by atoms with Crippen LogP contribution < -0.4 is 11.1 Å². The lowest BCUT2D eigenvalue weighted by Crippen LogP contribution is -2.67. The van der Waals surface area contributed by atoms with E-state index in [1.165, 1.54) is 0 Å². The van der Waals surface area contributed by atoms with E-state index in [1.807, 2.05) is 30.3 Å². The Kier molecular flexibility index (Phi) is 5.11. The van der Waals surface area contributed by atoms with Gasteiger partial charge in [0.05, 0.1) is 18.1 Å². The van der Waals surface area contributed by atoms with Crippen molar-refractivity contribution in [3.8, 4) is 0 Å². The molecule has 2 amide bonds. The Balaban J connectivity index is 1.30. The van der Waals surface area contributed by atoms with E-state index in [0.717, 1.165) is 44.1 Å². The summed E-state index contributed by atoms with van der Waals surface area (Å²) in [5.41, 5.74) is 6.11. The highest BCUT2D eigenvalue weighted by Crippen LogP contribution is 2.64. The molecule has 7 unspecified atom stereocenters. The first-order valence-corrected chi connectivity index (χ1v) is 13.1. The zero-order valence-electron chi connectivity index (χ0n) is 20.5. The highest BCUT2D eigenvalue weighted by molar-refractivity contribution is 5.91. The molecule has 4 N–H and O–H groups in total. The molecule has 7 nitrogen and oxygen atoms in total. The smallest absolute Gasteiger partial charge is 0.301 e. The summed E-state index contributed by atoms with van der Waals surface area (Å²) in [6, 6.07) is 8.22. The number of fused-ring (bicyclic) bond motifs is 1. The standard InChI is InChI=1S/C28H36N4O3/c1-26-14-21(26)32(22(15-26)30-2)25(34)23(31-24(33)20(29)9-17-6-4-3-5-7-17)27-10-18-8-19(11-27)13-28(35,12-18)16-27/h3-7,18-23,35H,8-16,29H2,1H3,(H,31,33). The molecule has 6 aliphatic rings. The number of benzene rings is 1. The largest absolute Gasteiger partial charge is 0.390 e. The molecule has 0 radical (unpaired) electrons. The van der Waals surface area contributed by atoms with Crippen molar-refractivity contribution in [2.45, 2.75) is 94.6 Å². The minimum Gasteiger partial charge on any atom is -0.390 e. The molecule has 1 aromatic rings. The van der Waals surface area contributed by atoms with E-state index >= 15 is 0 Å². The SMILES string of the molecule is [C-]#[N+]C1CC2(C)CC2N1C(=O)C(NC(=O)C(N)Cc1ccccc1)C12CC3CC(CC(O)(C3)C1)C2. The van der Waals surface area contributed by atoms with Crippen LogP contribution in [0.15, 0.2) is 30.3 Å². The predicted octanol–water partition coefficient (Wildman–Crippen LogP) is 2.63. The van der Waals surface area contributed by atoms with Gasteiger partial charge in [-0.3, -0.25) is 19.3 Å². The van der Waals surface area contributed by atoms with Gasteiger partial charge in [0.25, 0.3) is 5.91 Å². The number of nitrogens with one attached hydrogen (secondary N) is 1. The Morgan fingerprint density at radius 2 is 1.86 bits per heavy atom. The van der Waals surface area contributed by atoms with Crippen LogP contribution in [0.3, 0.4) is 0 Å². The second-order valence-corrected chi connectivity index (χ2v) is 12.7. The molecule has 1 aliphatic heterocycles. The lowest BCUT2D eigenvalue weighted by atomic mass is 9.46. The maximum Gasteiger partial charge on any atom is 0.301 e. The Hall–Kier alpha value is -2.43. The van der Waals surface area contributed by atoms with E-state index in [1.54, 1.807) is 4.90 Å². The van der Waals surface area contributed by atoms with E-state index in [0.29, 0.717) is 31.1 Å². The molecule has 5 saturated carbocycles. The van der Waals surface area contributed by atoms with Crippen molar-refractivity contribution in [1.82, 2.24) is 10.2 Å². The van der Waals surface area contributed by atoms with Crippen molar-refractivity contribution in [2.75, 3.05) is 0 Å². The quantitative estimate of drug-likeness (QED) is 0.550. The molecule has 1 saturated heterocycles. The summed E-state index contributed by atoms with van der Waals surface area (Å²) in [4.78, 5) is 33.3. The molecule has 186 valence electrons. The van der Waals surface area contributed by atoms with Crippen molar-refractivity contribution in [1.29, 1.82) is 0 Å². The Labute approximate surface area is 207 Å². The number of aliphatic hydroxyl groups is 1. The molecule has 1 aromatic carbocycles. The molecule has 0 spiro atoms. The topological polar surface area (TPSA) is 100 Å². The lowest BCUT2D eigenvalue weighted by molar-refractivity contribution is -0.182. The molecule has 7 heteroatoms. The van der Waals surface area contributed by atoms with Crippen LogP contribution in [0.4, 0.5) is 0 Å². The number of carbonyl (C=O) groups excluding carboxylic acids is 2. The number of nitrogens with two attached hydrogens (primary N) is 1. The van der Waals surface area contributed by atoms with Gasteiger partial charge in [0.2, 0.25) is 5.91 Å². The second kappa shape index (κ2) is 7.78. The van der Waals surface area contributed by atoms with Gasteiger partial charge in [-0.15, -0.1) is 0 Å². The number of rotatable bonds is 6. The fraction of sp³-hybridized carbons (Fsp3) is 0.679. The monoisotopic (exact) mass is 476 g/mol. The predicted molar refractivity (Wildman–Crippen MR) is 130 cm³/mol. The summed E-state index contributed by atoms with van der Waals surface area (Å²) in [6.45, 7) is 9.88. The average Bonchev–Trinajstić information content (AvgIpc) is 3.36. The van der Waals surface area contributed by atoms with Gasteiger partial charge in [-0.25, -0.2) is 6.57 Å². The zero-order chi connectivity index (χ0) is 24.6. The van der Waals surface area contributed by atoms with Gasteiger partial charge >= 0.3 is 6.17 Å². The first kappa shape index (κ1) is 23.0. The normalized spacial score (nSPS) is 42.2. The number of carbonyl (C=O) groups is 2. The summed E-state index contributed by atoms with van der Waals surface area (Å²) in [6.07, 6.45) is 6.45. The van der Waals surface area contributed by atoms with E-state index in [-0.39, 0.29) is 23.3 Å². The molecule has 7 rings (SSSR count). The van der Waals surface area contributed by atoms with Gasteiger partial charge < -0.3 is 16.2 Å². The number of likely N-dealkylation sites (tertiary alicyclic amines) is 1. The zero-order valence-corrected chi connectivity index (χ0v) is 20.5. The van der Waals surface area contributed by atoms with Crippen LogP contribution in [0.2, 0.25) is 0 Å². The van der Waals surface area contributed by atoms with Crippen LogP contribution in [0.25, 0.3) is 4.85 Å². The van der Waals surface area contributed by atoms with E-state index in [9.17, 15) is 14.7 Å². The summed E-state index contributed by atoms with van der Waals surface area (Å²) >= 11 is 0. The maximum absolute atomic E-state index is 14.3. The van der Waals surface area contributed by atoms with Crippen LogP contribution in [-0.4, -0.2) is 51.7 Å². The molecule has 6 fully saturated rings. The highest BCUT2D eigenvalue weighted by Gasteiger charge is 2.68. The molecular weight excluding hydrogens is 440 g/mol. The fourth-order valence-corrected chi connectivity index (χ4v) is 8.63. The second-order valence-electron chi connectivity index (χ2n) is 12.7. The Morgan fingerprint density at radius 3 is 2.49 bits per heavy atom. The van der Waals surface area contributed by atoms with E-state index in [2.05, 4.69) is 17.1 Å². The van der Waals surface area contributed by atoms with Gasteiger partial charge in [-0.2, -0.15) is 0 Å². The van der Waals surface area contributed by atoms with Gasteiger partial charge in [0.1, 0.15) is 6.04 Å². The van der Waals surface area contributed by atoms with Crippen LogP contribution in [-0.2, 0) is 16.0 Å². The average molecular weight is 477 g/mol. The number of hydrogen-bond acceptors (Lipinski definition) is 4. The van der Waals surface area contributed by atoms with Crippen LogP contribution in [0.1, 0.15) is 63.9 Å². The first-order chi connectivity index (χ1) is 16.6. The molecule has 4 bridgehead atoms. The number of piperidine rings is 1. The summed E-state index contributed by atoms with van der Waals surface area (Å²) in [7, 11) is 0. The molecule has 1 heterocycles. The van der Waals surface area contributed by atoms with Crippen molar-refractivity contribution >= 4 is 11.8 Å². The fourth-order valence-electron chi connectivity index (χ4n) is 8.63. The van der Waals surface area contributed by atoms with Gasteiger partial charge in [0.15, 0.2) is 0 Å². The van der Waals surface area contributed by atoms with Crippen LogP contribution in [0.5, 0.6) is 0 Å². The molecule has 5 aliphatic carbocycles. The molecular formula is C28H36N4O3. The third-order valence-corrected chi connectivity index (χ3v) is 9.87. The molecule has 0 aromatic heterocycles. The maximum atomic E-state index is 14.3. The highest BCUT2D eigenvalue weighted by atomic mass is 16.3. The minimum absolute atomic E-state index is 0.0167. The van der Waals surface area contributed by atoms with Gasteiger partial charge in [-0.1, -0.05) is 37.3 Å². The van der Waals surface area contributed by atoms with Crippen molar-refractivity contribution in [3.05, 3.63) is 47.3 Å². The number of nitrogens with zero attached hydrogens (tertiary/aromatic N) is 2. The van der Waals surface area contributed by atoms with Crippen molar-refractivity contribution in [2.24, 2.45) is 28.4 Å². The number of hydrogen-bond donors (Lipinski definition) is 3. The van der Waals surface area contributed by atoms with Crippen LogP contribution in [0, 0.1) is 29.2 Å². The minimum atomic E-state index is -0.772. The first-order valence-electron chi connectivity index (χ1n) is 13.1. The molecule has 35 heavy (non-hydrogen) atoms. The summed E-state index contributed by atoms with van der Waals surface area (Å²) < 4.78 is 0. The van der Waals surface area contributed by atoms with Crippen molar-refractivity contribution in [3.63, 3.8) is 0 Å². The number of amides is 2. The van der Waals surface area contributed by atoms with E-state index < -0.39 is 29.3 Å². The molecule has 7 atom stereocenters. The van der Waals surface area contributed by atoms with Crippen molar-refractivity contribution < 1.29 is 14.7 Å². The van der Waals surface area contributed by atoms with Gasteiger partial charge in [0, 0.05) is 11.5 Å². The third kappa shape index (κ3) is 3.77. The lowest BCUT2D eigenvalue weighted by Gasteiger charge is -2.62. The van der Waals surface area contributed by atoms with Gasteiger partial charge in [-0.05, 0) is 74.2 Å². The Morgan fingerprint density at radius 1 is 1.17 bits per heavy atom. The third-order valence-electron chi connectivity index (χ3n) is 9.87. The van der Waals surface area contributed by atoms with Crippen LogP contribution >= 0.6 is 0 Å². The Bertz CT molecular complexity index is 1070.